The van der Waals surface area contributed by atoms with Gasteiger partial charge in [-0.05, 0) is 25.0 Å². The number of carbonyl (C=O) groups is 1. The molecule has 116 valence electrons. The molecular formula is C16H19N3O2S. The van der Waals surface area contributed by atoms with Crippen LogP contribution >= 0.6 is 11.3 Å². The molecule has 0 aliphatic carbocycles. The highest BCUT2D eigenvalue weighted by Gasteiger charge is 2.22. The highest BCUT2D eigenvalue weighted by molar-refractivity contribution is 7.07. The van der Waals surface area contributed by atoms with E-state index in [9.17, 15) is 4.79 Å². The van der Waals surface area contributed by atoms with Gasteiger partial charge < -0.3 is 15.0 Å². The number of thiazole rings is 1. The zero-order chi connectivity index (χ0) is 15.4. The van der Waals surface area contributed by atoms with Crippen LogP contribution in [0.25, 0.3) is 0 Å². The Morgan fingerprint density at radius 1 is 1.50 bits per heavy atom. The summed E-state index contributed by atoms with van der Waals surface area (Å²) in [5, 5.41) is 4.86. The fourth-order valence-corrected chi connectivity index (χ4v) is 3.25. The maximum absolute atomic E-state index is 12.1. The van der Waals surface area contributed by atoms with Crippen molar-refractivity contribution in [2.45, 2.75) is 18.9 Å². The van der Waals surface area contributed by atoms with Crippen LogP contribution in [0.1, 0.15) is 23.3 Å². The Balaban J connectivity index is 1.65. The van der Waals surface area contributed by atoms with Gasteiger partial charge in [-0.1, -0.05) is 6.07 Å². The Bertz CT molecular complexity index is 630. The van der Waals surface area contributed by atoms with Crippen LogP contribution in [0.15, 0.2) is 35.2 Å². The molecule has 1 atom stereocenters. The van der Waals surface area contributed by atoms with Crippen LogP contribution in [0.4, 0.5) is 5.69 Å². The lowest BCUT2D eigenvalue weighted by molar-refractivity contribution is 0.0929. The predicted molar refractivity (Wildman–Crippen MR) is 87.8 cm³/mol. The zero-order valence-electron chi connectivity index (χ0n) is 12.5. The minimum atomic E-state index is -0.0845. The third-order valence-corrected chi connectivity index (χ3v) is 4.43. The van der Waals surface area contributed by atoms with Crippen molar-refractivity contribution < 1.29 is 9.53 Å². The summed E-state index contributed by atoms with van der Waals surface area (Å²) in [4.78, 5) is 18.5. The van der Waals surface area contributed by atoms with Gasteiger partial charge in [0.2, 0.25) is 0 Å². The predicted octanol–water partition coefficient (Wildman–Crippen LogP) is 2.55. The van der Waals surface area contributed by atoms with E-state index in [0.29, 0.717) is 5.69 Å². The maximum Gasteiger partial charge on any atom is 0.271 e. The monoisotopic (exact) mass is 317 g/mol. The molecule has 5 nitrogen and oxygen atoms in total. The molecule has 0 radical (unpaired) electrons. The molecule has 1 N–H and O–H groups in total. The van der Waals surface area contributed by atoms with Crippen molar-refractivity contribution in [1.29, 1.82) is 0 Å². The van der Waals surface area contributed by atoms with Crippen molar-refractivity contribution in [1.82, 2.24) is 10.3 Å². The van der Waals surface area contributed by atoms with Gasteiger partial charge >= 0.3 is 0 Å². The molecule has 0 unspecified atom stereocenters. The Morgan fingerprint density at radius 2 is 2.41 bits per heavy atom. The van der Waals surface area contributed by atoms with Gasteiger partial charge in [-0.25, -0.2) is 4.98 Å². The zero-order valence-corrected chi connectivity index (χ0v) is 13.3. The molecule has 1 fully saturated rings. The minimum Gasteiger partial charge on any atom is -0.497 e. The first-order valence-corrected chi connectivity index (χ1v) is 8.28. The Kier molecular flexibility index (Phi) is 4.58. The van der Waals surface area contributed by atoms with Crippen LogP contribution in [-0.4, -0.2) is 37.1 Å². The number of ether oxygens (including phenoxy) is 1. The van der Waals surface area contributed by atoms with E-state index in [4.69, 9.17) is 4.74 Å². The number of aromatic nitrogens is 1. The number of anilines is 1. The normalized spacial score (nSPS) is 18.0. The van der Waals surface area contributed by atoms with E-state index in [2.05, 4.69) is 21.3 Å². The van der Waals surface area contributed by atoms with E-state index in [-0.39, 0.29) is 11.9 Å². The number of amides is 1. The van der Waals surface area contributed by atoms with Crippen LogP contribution in [-0.2, 0) is 0 Å². The fourth-order valence-electron chi connectivity index (χ4n) is 2.72. The second-order valence-corrected chi connectivity index (χ2v) is 6.05. The first kappa shape index (κ1) is 14.8. The topological polar surface area (TPSA) is 54.5 Å². The van der Waals surface area contributed by atoms with Crippen molar-refractivity contribution in [3.63, 3.8) is 0 Å². The number of piperidine rings is 1. The molecule has 0 bridgehead atoms. The highest BCUT2D eigenvalue weighted by atomic mass is 32.1. The number of carbonyl (C=O) groups excluding carboxylic acids is 1. The van der Waals surface area contributed by atoms with Crippen molar-refractivity contribution in [2.24, 2.45) is 0 Å². The average Bonchev–Trinajstić information content (AvgIpc) is 3.10. The second kappa shape index (κ2) is 6.79. The lowest BCUT2D eigenvalue weighted by atomic mass is 10.0. The summed E-state index contributed by atoms with van der Waals surface area (Å²) < 4.78 is 5.28. The highest BCUT2D eigenvalue weighted by Crippen LogP contribution is 2.24. The summed E-state index contributed by atoms with van der Waals surface area (Å²) in [6.07, 6.45) is 2.05. The summed E-state index contributed by atoms with van der Waals surface area (Å²) in [7, 11) is 1.67. The molecule has 1 aliphatic rings. The summed E-state index contributed by atoms with van der Waals surface area (Å²) >= 11 is 1.44. The molecule has 2 aromatic rings. The lowest BCUT2D eigenvalue weighted by Gasteiger charge is -2.34. The third kappa shape index (κ3) is 3.39. The van der Waals surface area contributed by atoms with E-state index in [1.54, 1.807) is 18.0 Å². The van der Waals surface area contributed by atoms with E-state index in [0.717, 1.165) is 37.4 Å². The van der Waals surface area contributed by atoms with Gasteiger partial charge in [0.05, 0.1) is 12.6 Å². The second-order valence-electron chi connectivity index (χ2n) is 5.33. The number of nitrogens with zero attached hydrogens (tertiary/aromatic N) is 2. The third-order valence-electron chi connectivity index (χ3n) is 3.84. The van der Waals surface area contributed by atoms with E-state index in [1.807, 2.05) is 18.2 Å². The van der Waals surface area contributed by atoms with Gasteiger partial charge in [-0.15, -0.1) is 11.3 Å². The molecule has 6 heteroatoms. The molecule has 1 amide bonds. The van der Waals surface area contributed by atoms with Crippen LogP contribution in [0.2, 0.25) is 0 Å². The fraction of sp³-hybridized carbons (Fsp3) is 0.375. The molecule has 3 rings (SSSR count). The summed E-state index contributed by atoms with van der Waals surface area (Å²) in [5.41, 5.74) is 3.31. The van der Waals surface area contributed by atoms with Gasteiger partial charge in [0, 0.05) is 36.3 Å². The lowest BCUT2D eigenvalue weighted by Crippen LogP contribution is -2.47. The van der Waals surface area contributed by atoms with Gasteiger partial charge in [-0.2, -0.15) is 0 Å². The summed E-state index contributed by atoms with van der Waals surface area (Å²) in [5.74, 6) is 0.768. The standard InChI is InChI=1S/C16H19N3O2S/c1-21-14-6-2-5-13(8-14)19-7-3-4-12(9-19)18-16(20)15-10-22-11-17-15/h2,5-6,8,10-12H,3-4,7,9H2,1H3,(H,18,20)/t12-/m0/s1. The van der Waals surface area contributed by atoms with E-state index < -0.39 is 0 Å². The number of hydrogen-bond donors (Lipinski definition) is 1. The van der Waals surface area contributed by atoms with Crippen molar-refractivity contribution >= 4 is 22.9 Å². The van der Waals surface area contributed by atoms with Gasteiger partial charge in [-0.3, -0.25) is 4.79 Å². The van der Waals surface area contributed by atoms with Crippen LogP contribution in [0.3, 0.4) is 0 Å². The molecule has 1 aromatic carbocycles. The summed E-state index contributed by atoms with van der Waals surface area (Å²) in [6, 6.07) is 8.19. The molecular weight excluding hydrogens is 298 g/mol. The average molecular weight is 317 g/mol. The van der Waals surface area contributed by atoms with Gasteiger partial charge in [0.15, 0.2) is 0 Å². The quantitative estimate of drug-likeness (QED) is 0.941. The largest absolute Gasteiger partial charge is 0.497 e. The van der Waals surface area contributed by atoms with Crippen LogP contribution < -0.4 is 15.0 Å². The number of benzene rings is 1. The summed E-state index contributed by atoms with van der Waals surface area (Å²) in [6.45, 7) is 1.80. The number of rotatable bonds is 4. The first-order chi connectivity index (χ1) is 10.8. The Hall–Kier alpha value is -2.08. The SMILES string of the molecule is COc1cccc(N2CCC[C@H](NC(=O)c3cscn3)C2)c1. The Labute approximate surface area is 133 Å². The number of hydrogen-bond acceptors (Lipinski definition) is 5. The van der Waals surface area contributed by atoms with E-state index in [1.165, 1.54) is 11.3 Å². The molecule has 0 spiro atoms. The smallest absolute Gasteiger partial charge is 0.271 e. The van der Waals surface area contributed by atoms with Gasteiger partial charge in [0.25, 0.3) is 5.91 Å². The number of methoxy groups -OCH3 is 1. The molecule has 0 saturated carbocycles. The maximum atomic E-state index is 12.1. The minimum absolute atomic E-state index is 0.0845. The molecule has 2 heterocycles. The van der Waals surface area contributed by atoms with Crippen molar-refractivity contribution in [3.8, 4) is 5.75 Å². The Morgan fingerprint density at radius 3 is 3.18 bits per heavy atom. The molecule has 1 aliphatic heterocycles. The number of nitrogens with one attached hydrogen (secondary N) is 1. The first-order valence-electron chi connectivity index (χ1n) is 7.34. The van der Waals surface area contributed by atoms with Crippen molar-refractivity contribution in [2.75, 3.05) is 25.1 Å². The van der Waals surface area contributed by atoms with Gasteiger partial charge in [0.1, 0.15) is 11.4 Å². The van der Waals surface area contributed by atoms with Crippen LogP contribution in [0.5, 0.6) is 5.75 Å². The van der Waals surface area contributed by atoms with Crippen molar-refractivity contribution in [3.05, 3.63) is 40.8 Å². The van der Waals surface area contributed by atoms with Crippen LogP contribution in [0, 0.1) is 0 Å². The van der Waals surface area contributed by atoms with E-state index >= 15 is 0 Å². The molecule has 1 saturated heterocycles. The molecule has 22 heavy (non-hydrogen) atoms. The molecule has 1 aromatic heterocycles.